The molecule has 0 saturated heterocycles. The Hall–Kier alpha value is -1.10. The molecule has 0 saturated carbocycles. The second kappa shape index (κ2) is 6.57. The zero-order valence-electron chi connectivity index (χ0n) is 12.8. The lowest BCUT2D eigenvalue weighted by molar-refractivity contribution is -0.0262. The van der Waals surface area contributed by atoms with Gasteiger partial charge in [0.15, 0.2) is 0 Å². The van der Waals surface area contributed by atoms with Crippen LogP contribution in [0, 0.1) is 12.3 Å². The minimum absolute atomic E-state index is 0.0678. The van der Waals surface area contributed by atoms with Gasteiger partial charge in [-0.2, -0.15) is 0 Å². The van der Waals surface area contributed by atoms with Crippen LogP contribution in [0.1, 0.15) is 31.9 Å². The molecule has 0 fully saturated rings. The third kappa shape index (κ3) is 3.95. The number of benzene rings is 1. The molecule has 1 rings (SSSR count). The van der Waals surface area contributed by atoms with Gasteiger partial charge in [0.2, 0.25) is 0 Å². The fourth-order valence-electron chi connectivity index (χ4n) is 1.87. The molecule has 0 bridgehead atoms. The second-order valence-electron chi connectivity index (χ2n) is 6.51. The number of aryl methyl sites for hydroxylation is 1. The van der Waals surface area contributed by atoms with Crippen molar-refractivity contribution in [2.24, 2.45) is 5.41 Å². The Bertz CT molecular complexity index is 422. The van der Waals surface area contributed by atoms with E-state index < -0.39 is 5.41 Å². The lowest BCUT2D eigenvalue weighted by Gasteiger charge is -2.29. The van der Waals surface area contributed by atoms with Gasteiger partial charge >= 0.3 is 0 Å². The van der Waals surface area contributed by atoms with Crippen LogP contribution in [0.25, 0.3) is 0 Å². The second-order valence-corrected chi connectivity index (χ2v) is 6.51. The maximum absolute atomic E-state index is 9.33. The highest BCUT2D eigenvalue weighted by molar-refractivity contribution is 5.41. The van der Waals surface area contributed by atoms with E-state index in [1.54, 1.807) is 0 Å². The molecule has 0 aromatic heterocycles. The summed E-state index contributed by atoms with van der Waals surface area (Å²) in [5.74, 6) is 0.725. The molecule has 3 N–H and O–H groups in total. The summed E-state index contributed by atoms with van der Waals surface area (Å²) in [6.45, 7) is 7.44. The average Bonchev–Trinajstić information content (AvgIpc) is 2.41. The maximum atomic E-state index is 9.33. The van der Waals surface area contributed by atoms with Gasteiger partial charge in [-0.15, -0.1) is 0 Å². The zero-order chi connectivity index (χ0) is 15.4. The highest BCUT2D eigenvalue weighted by Gasteiger charge is 2.30. The molecule has 114 valence electrons. The predicted molar refractivity (Wildman–Crippen MR) is 79.1 cm³/mol. The Morgan fingerprint density at radius 3 is 2.00 bits per heavy atom. The van der Waals surface area contributed by atoms with E-state index in [4.69, 9.17) is 4.74 Å². The molecule has 0 heterocycles. The van der Waals surface area contributed by atoms with Crippen molar-refractivity contribution in [3.8, 4) is 5.75 Å². The van der Waals surface area contributed by atoms with E-state index >= 15 is 0 Å². The molecule has 0 unspecified atom stereocenters. The first-order chi connectivity index (χ1) is 9.28. The molecule has 0 aliphatic rings. The van der Waals surface area contributed by atoms with Gasteiger partial charge in [-0.1, -0.05) is 38.5 Å². The average molecular weight is 282 g/mol. The summed E-state index contributed by atoms with van der Waals surface area (Å²) in [7, 11) is 0. The molecule has 4 heteroatoms. The number of aliphatic hydroxyl groups excluding tert-OH is 3. The molecule has 0 aliphatic heterocycles. The summed E-state index contributed by atoms with van der Waals surface area (Å²) >= 11 is 0. The van der Waals surface area contributed by atoms with E-state index in [9.17, 15) is 15.3 Å². The van der Waals surface area contributed by atoms with Gasteiger partial charge < -0.3 is 20.1 Å². The first kappa shape index (κ1) is 17.0. The molecule has 1 aromatic carbocycles. The Labute approximate surface area is 121 Å². The third-order valence-corrected chi connectivity index (χ3v) is 3.48. The lowest BCUT2D eigenvalue weighted by atomic mass is 9.85. The van der Waals surface area contributed by atoms with Gasteiger partial charge in [0.1, 0.15) is 12.4 Å². The van der Waals surface area contributed by atoms with Crippen molar-refractivity contribution in [1.82, 2.24) is 0 Å². The Morgan fingerprint density at radius 2 is 1.55 bits per heavy atom. The fourth-order valence-corrected chi connectivity index (χ4v) is 1.87. The van der Waals surface area contributed by atoms with E-state index in [1.165, 1.54) is 0 Å². The Kier molecular flexibility index (Phi) is 5.57. The SMILES string of the molecule is Cc1ccc(OCC(CO)(CO)CO)c(C(C)(C)C)c1. The quantitative estimate of drug-likeness (QED) is 0.742. The number of ether oxygens (including phenoxy) is 1. The van der Waals surface area contributed by atoms with Crippen molar-refractivity contribution in [1.29, 1.82) is 0 Å². The molecule has 0 amide bonds. The van der Waals surface area contributed by atoms with Crippen LogP contribution in [0.2, 0.25) is 0 Å². The van der Waals surface area contributed by atoms with Crippen LogP contribution in [0.3, 0.4) is 0 Å². The minimum Gasteiger partial charge on any atom is -0.492 e. The monoisotopic (exact) mass is 282 g/mol. The van der Waals surface area contributed by atoms with Crippen molar-refractivity contribution in [2.45, 2.75) is 33.1 Å². The highest BCUT2D eigenvalue weighted by Crippen LogP contribution is 2.33. The number of aliphatic hydroxyl groups is 3. The molecule has 0 aliphatic carbocycles. The lowest BCUT2D eigenvalue weighted by Crippen LogP contribution is -2.40. The van der Waals surface area contributed by atoms with Crippen molar-refractivity contribution < 1.29 is 20.1 Å². The Balaban J connectivity index is 2.98. The molecule has 0 radical (unpaired) electrons. The Morgan fingerprint density at radius 1 is 1.00 bits per heavy atom. The van der Waals surface area contributed by atoms with Crippen LogP contribution in [0.15, 0.2) is 18.2 Å². The predicted octanol–water partition coefficient (Wildman–Crippen LogP) is 1.63. The van der Waals surface area contributed by atoms with E-state index in [-0.39, 0.29) is 31.8 Å². The van der Waals surface area contributed by atoms with E-state index in [0.29, 0.717) is 0 Å². The van der Waals surface area contributed by atoms with Gasteiger partial charge in [0.25, 0.3) is 0 Å². The number of hydrogen-bond acceptors (Lipinski definition) is 4. The molecule has 20 heavy (non-hydrogen) atoms. The summed E-state index contributed by atoms with van der Waals surface area (Å²) < 4.78 is 5.78. The first-order valence-corrected chi connectivity index (χ1v) is 6.84. The smallest absolute Gasteiger partial charge is 0.123 e. The van der Waals surface area contributed by atoms with Gasteiger partial charge in [-0.05, 0) is 24.0 Å². The van der Waals surface area contributed by atoms with Crippen LogP contribution in [0.5, 0.6) is 5.75 Å². The van der Waals surface area contributed by atoms with Gasteiger partial charge in [0.05, 0.1) is 25.2 Å². The normalized spacial score (nSPS) is 12.6. The van der Waals surface area contributed by atoms with Crippen LogP contribution < -0.4 is 4.74 Å². The molecule has 1 aromatic rings. The van der Waals surface area contributed by atoms with Crippen LogP contribution in [-0.4, -0.2) is 41.7 Å². The van der Waals surface area contributed by atoms with Crippen LogP contribution in [0.4, 0.5) is 0 Å². The molecule has 0 atom stereocenters. The molecular weight excluding hydrogens is 256 g/mol. The van der Waals surface area contributed by atoms with E-state index in [1.807, 2.05) is 19.1 Å². The maximum Gasteiger partial charge on any atom is 0.123 e. The van der Waals surface area contributed by atoms with Gasteiger partial charge in [-0.3, -0.25) is 0 Å². The number of hydrogen-bond donors (Lipinski definition) is 3. The topological polar surface area (TPSA) is 69.9 Å². The van der Waals surface area contributed by atoms with E-state index in [0.717, 1.165) is 16.9 Å². The molecule has 0 spiro atoms. The fraction of sp³-hybridized carbons (Fsp3) is 0.625. The highest BCUT2D eigenvalue weighted by atomic mass is 16.5. The van der Waals surface area contributed by atoms with Crippen LogP contribution >= 0.6 is 0 Å². The van der Waals surface area contributed by atoms with E-state index in [2.05, 4.69) is 26.8 Å². The number of rotatable bonds is 6. The van der Waals surface area contributed by atoms with Crippen molar-refractivity contribution >= 4 is 0 Å². The van der Waals surface area contributed by atoms with Gasteiger partial charge in [-0.25, -0.2) is 0 Å². The summed E-state index contributed by atoms with van der Waals surface area (Å²) in [6, 6.07) is 5.93. The van der Waals surface area contributed by atoms with Crippen molar-refractivity contribution in [2.75, 3.05) is 26.4 Å². The van der Waals surface area contributed by atoms with Crippen molar-refractivity contribution in [3.63, 3.8) is 0 Å². The largest absolute Gasteiger partial charge is 0.492 e. The van der Waals surface area contributed by atoms with Gasteiger partial charge in [0, 0.05) is 0 Å². The summed E-state index contributed by atoms with van der Waals surface area (Å²) in [6.07, 6.45) is 0. The third-order valence-electron chi connectivity index (χ3n) is 3.48. The minimum atomic E-state index is -1.01. The standard InChI is InChI=1S/C16H26O4/c1-12-5-6-14(13(7-12)15(2,3)4)20-11-16(8-17,9-18)10-19/h5-7,17-19H,8-11H2,1-4H3. The molecular formula is C16H26O4. The molecule has 4 nitrogen and oxygen atoms in total. The first-order valence-electron chi connectivity index (χ1n) is 6.84. The van der Waals surface area contributed by atoms with Crippen molar-refractivity contribution in [3.05, 3.63) is 29.3 Å². The van der Waals surface area contributed by atoms with Crippen LogP contribution in [-0.2, 0) is 5.41 Å². The summed E-state index contributed by atoms with van der Waals surface area (Å²) in [5, 5.41) is 28.0. The summed E-state index contributed by atoms with van der Waals surface area (Å²) in [4.78, 5) is 0. The zero-order valence-corrected chi connectivity index (χ0v) is 12.8. The summed E-state index contributed by atoms with van der Waals surface area (Å²) in [5.41, 5.74) is 1.14.